The molecule has 0 aromatic heterocycles. The first-order valence-corrected chi connectivity index (χ1v) is 7.97. The third kappa shape index (κ3) is 4.65. The number of rotatable bonds is 5. The Balaban J connectivity index is 2.79. The largest absolute Gasteiger partial charge is 0.392 e. The van der Waals surface area contributed by atoms with Crippen molar-refractivity contribution in [2.45, 2.75) is 6.61 Å². The van der Waals surface area contributed by atoms with Crippen molar-refractivity contribution in [3.05, 3.63) is 28.2 Å². The van der Waals surface area contributed by atoms with E-state index < -0.39 is 9.84 Å². The lowest BCUT2D eigenvalue weighted by Gasteiger charge is -2.20. The van der Waals surface area contributed by atoms with Crippen molar-refractivity contribution >= 4 is 31.5 Å². The van der Waals surface area contributed by atoms with Crippen molar-refractivity contribution in [2.24, 2.45) is 0 Å². The molecule has 1 N–H and O–H groups in total. The van der Waals surface area contributed by atoms with Gasteiger partial charge in [0.25, 0.3) is 0 Å². The normalized spacial score (nSPS) is 11.5. The third-order valence-corrected chi connectivity index (χ3v) is 3.96. The quantitative estimate of drug-likeness (QED) is 0.891. The van der Waals surface area contributed by atoms with Gasteiger partial charge in [0.1, 0.15) is 9.84 Å². The monoisotopic (exact) mass is 321 g/mol. The molecule has 1 aromatic rings. The van der Waals surface area contributed by atoms with E-state index in [-0.39, 0.29) is 12.4 Å². The van der Waals surface area contributed by atoms with Gasteiger partial charge in [-0.05, 0) is 33.6 Å². The highest BCUT2D eigenvalue weighted by Crippen LogP contribution is 2.26. The fraction of sp³-hybridized carbons (Fsp3) is 0.455. The van der Waals surface area contributed by atoms with Crippen LogP contribution in [0.15, 0.2) is 22.7 Å². The Kier molecular flexibility index (Phi) is 4.97. The van der Waals surface area contributed by atoms with Crippen LogP contribution in [-0.4, -0.2) is 39.1 Å². The van der Waals surface area contributed by atoms with Crippen molar-refractivity contribution < 1.29 is 13.5 Å². The summed E-state index contributed by atoms with van der Waals surface area (Å²) in [6.07, 6.45) is 1.23. The Bertz CT molecular complexity index is 487. The van der Waals surface area contributed by atoms with Crippen LogP contribution in [0.5, 0.6) is 0 Å². The van der Waals surface area contributed by atoms with Gasteiger partial charge in [0.2, 0.25) is 0 Å². The summed E-state index contributed by atoms with van der Waals surface area (Å²) in [6.45, 7) is 0.432. The molecule has 4 nitrogen and oxygen atoms in total. The van der Waals surface area contributed by atoms with Crippen LogP contribution in [-0.2, 0) is 16.4 Å². The highest BCUT2D eigenvalue weighted by atomic mass is 79.9. The average Bonchev–Trinajstić information content (AvgIpc) is 2.24. The van der Waals surface area contributed by atoms with E-state index in [1.807, 2.05) is 30.1 Å². The van der Waals surface area contributed by atoms with E-state index in [4.69, 9.17) is 5.11 Å². The van der Waals surface area contributed by atoms with Gasteiger partial charge in [0.15, 0.2) is 0 Å². The number of anilines is 1. The van der Waals surface area contributed by atoms with Crippen LogP contribution in [0.25, 0.3) is 0 Å². The summed E-state index contributed by atoms with van der Waals surface area (Å²) >= 11 is 3.41. The van der Waals surface area contributed by atoms with E-state index >= 15 is 0 Å². The molecule has 96 valence electrons. The Morgan fingerprint density at radius 2 is 2.06 bits per heavy atom. The van der Waals surface area contributed by atoms with Gasteiger partial charge in [0.05, 0.1) is 18.0 Å². The Labute approximate surface area is 110 Å². The number of aliphatic hydroxyl groups is 1. The van der Waals surface area contributed by atoms with Crippen LogP contribution in [0, 0.1) is 0 Å². The summed E-state index contributed by atoms with van der Waals surface area (Å²) in [5.74, 6) is 0.123. The molecule has 0 spiro atoms. The average molecular weight is 322 g/mol. The fourth-order valence-electron chi connectivity index (χ4n) is 1.38. The minimum absolute atomic E-state index is 0.00800. The second-order valence-corrected chi connectivity index (χ2v) is 7.11. The lowest BCUT2D eigenvalue weighted by Crippen LogP contribution is -2.25. The van der Waals surface area contributed by atoms with Gasteiger partial charge in [-0.3, -0.25) is 0 Å². The van der Waals surface area contributed by atoms with Crippen molar-refractivity contribution in [1.29, 1.82) is 0 Å². The Morgan fingerprint density at radius 3 is 2.53 bits per heavy atom. The number of halogens is 1. The molecule has 0 heterocycles. The molecule has 0 bridgehead atoms. The summed E-state index contributed by atoms with van der Waals surface area (Å²) in [4.78, 5) is 1.87. The first-order valence-electron chi connectivity index (χ1n) is 5.11. The van der Waals surface area contributed by atoms with Gasteiger partial charge < -0.3 is 10.0 Å². The van der Waals surface area contributed by atoms with Gasteiger partial charge in [-0.25, -0.2) is 8.42 Å². The van der Waals surface area contributed by atoms with Gasteiger partial charge in [0, 0.05) is 24.3 Å². The number of sulfone groups is 1. The maximum Gasteiger partial charge on any atom is 0.149 e. The molecular formula is C11H16BrNO3S. The Hall–Kier alpha value is -0.590. The van der Waals surface area contributed by atoms with E-state index in [9.17, 15) is 8.42 Å². The lowest BCUT2D eigenvalue weighted by molar-refractivity contribution is 0.282. The first-order chi connectivity index (χ1) is 7.83. The molecule has 0 unspecified atom stereocenters. The minimum Gasteiger partial charge on any atom is -0.392 e. The molecule has 0 amide bonds. The maximum atomic E-state index is 11.1. The van der Waals surface area contributed by atoms with Crippen molar-refractivity contribution in [3.8, 4) is 0 Å². The van der Waals surface area contributed by atoms with E-state index in [2.05, 4.69) is 15.9 Å². The lowest BCUT2D eigenvalue weighted by atomic mass is 10.2. The molecule has 1 rings (SSSR count). The molecule has 0 saturated carbocycles. The second-order valence-electron chi connectivity index (χ2n) is 4.00. The van der Waals surface area contributed by atoms with E-state index in [1.54, 1.807) is 0 Å². The molecule has 0 atom stereocenters. The zero-order valence-corrected chi connectivity index (χ0v) is 12.3. The van der Waals surface area contributed by atoms with E-state index in [0.29, 0.717) is 6.54 Å². The predicted molar refractivity (Wildman–Crippen MR) is 73.0 cm³/mol. The molecule has 0 aliphatic heterocycles. The molecule has 0 aliphatic carbocycles. The molecule has 0 aliphatic rings. The van der Waals surface area contributed by atoms with E-state index in [1.165, 1.54) is 6.26 Å². The molecule has 17 heavy (non-hydrogen) atoms. The van der Waals surface area contributed by atoms with Crippen LogP contribution in [0.1, 0.15) is 5.56 Å². The van der Waals surface area contributed by atoms with Gasteiger partial charge >= 0.3 is 0 Å². The topological polar surface area (TPSA) is 57.6 Å². The summed E-state index contributed by atoms with van der Waals surface area (Å²) in [5.41, 5.74) is 1.72. The van der Waals surface area contributed by atoms with Crippen LogP contribution in [0.3, 0.4) is 0 Å². The SMILES string of the molecule is CN(CCS(C)(=O)=O)c1ccc(CO)cc1Br. The fourth-order valence-corrected chi connectivity index (χ4v) is 2.72. The molecule has 0 fully saturated rings. The number of benzene rings is 1. The van der Waals surface area contributed by atoms with Crippen LogP contribution >= 0.6 is 15.9 Å². The number of hydrogen-bond acceptors (Lipinski definition) is 4. The highest BCUT2D eigenvalue weighted by Gasteiger charge is 2.09. The van der Waals surface area contributed by atoms with Crippen molar-refractivity contribution in [2.75, 3.05) is 30.5 Å². The summed E-state index contributed by atoms with van der Waals surface area (Å²) in [5, 5.41) is 8.99. The molecular weight excluding hydrogens is 306 g/mol. The zero-order valence-electron chi connectivity index (χ0n) is 9.85. The minimum atomic E-state index is -2.95. The molecule has 1 aromatic carbocycles. The Morgan fingerprint density at radius 1 is 1.41 bits per heavy atom. The first kappa shape index (κ1) is 14.5. The summed E-state index contributed by atoms with van der Waals surface area (Å²) in [6, 6.07) is 5.50. The smallest absolute Gasteiger partial charge is 0.149 e. The van der Waals surface area contributed by atoms with Gasteiger partial charge in [-0.1, -0.05) is 6.07 Å². The number of hydrogen-bond donors (Lipinski definition) is 1. The number of nitrogens with zero attached hydrogens (tertiary/aromatic N) is 1. The number of aliphatic hydroxyl groups excluding tert-OH is 1. The van der Waals surface area contributed by atoms with Crippen LogP contribution in [0.2, 0.25) is 0 Å². The standard InChI is InChI=1S/C11H16BrNO3S/c1-13(5-6-17(2,15)16)11-4-3-9(8-14)7-10(11)12/h3-4,7,14H,5-6,8H2,1-2H3. The van der Waals surface area contributed by atoms with Crippen molar-refractivity contribution in [3.63, 3.8) is 0 Å². The predicted octanol–water partition coefficient (Wildman–Crippen LogP) is 1.42. The van der Waals surface area contributed by atoms with Gasteiger partial charge in [-0.2, -0.15) is 0 Å². The van der Waals surface area contributed by atoms with E-state index in [0.717, 1.165) is 15.7 Å². The van der Waals surface area contributed by atoms with Gasteiger partial charge in [-0.15, -0.1) is 0 Å². The molecule has 0 radical (unpaired) electrons. The second kappa shape index (κ2) is 5.84. The highest BCUT2D eigenvalue weighted by molar-refractivity contribution is 9.10. The molecule has 6 heteroatoms. The summed E-state index contributed by atoms with van der Waals surface area (Å²) < 4.78 is 23.0. The molecule has 0 saturated heterocycles. The maximum absolute atomic E-state index is 11.1. The van der Waals surface area contributed by atoms with Crippen LogP contribution < -0.4 is 4.90 Å². The van der Waals surface area contributed by atoms with Crippen LogP contribution in [0.4, 0.5) is 5.69 Å². The summed E-state index contributed by atoms with van der Waals surface area (Å²) in [7, 11) is -1.11. The van der Waals surface area contributed by atoms with Crippen molar-refractivity contribution in [1.82, 2.24) is 0 Å². The zero-order chi connectivity index (χ0) is 13.1. The third-order valence-electron chi connectivity index (χ3n) is 2.40.